The number of carboxylic acids is 1. The number of carboxylic acid groups (broad SMARTS) is 1. The van der Waals surface area contributed by atoms with Gasteiger partial charge in [0.2, 0.25) is 10.0 Å². The number of carbonyl (C=O) groups is 1. The Morgan fingerprint density at radius 3 is 2.33 bits per heavy atom. The van der Waals surface area contributed by atoms with Gasteiger partial charge in [0.05, 0.1) is 16.8 Å². The van der Waals surface area contributed by atoms with E-state index in [2.05, 4.69) is 0 Å². The van der Waals surface area contributed by atoms with Crippen molar-refractivity contribution < 1.29 is 36.4 Å². The molecule has 1 aromatic rings. The second kappa shape index (κ2) is 6.02. The summed E-state index contributed by atoms with van der Waals surface area (Å²) in [6.07, 6.45) is -4.91. The Labute approximate surface area is 133 Å². The number of hydrogen-bond acceptors (Lipinski definition) is 5. The Morgan fingerprint density at radius 2 is 1.88 bits per heavy atom. The lowest BCUT2D eigenvalue weighted by atomic mass is 9.96. The number of nitro groups is 1. The van der Waals surface area contributed by atoms with Crippen LogP contribution in [0.4, 0.5) is 18.9 Å². The summed E-state index contributed by atoms with van der Waals surface area (Å²) < 4.78 is 64.1. The number of hydrogen-bond donors (Lipinski definition) is 1. The fraction of sp³-hybridized carbons (Fsp3) is 0.417. The van der Waals surface area contributed by atoms with Crippen LogP contribution >= 0.6 is 0 Å². The quantitative estimate of drug-likeness (QED) is 0.635. The van der Waals surface area contributed by atoms with Crippen LogP contribution in [-0.4, -0.2) is 48.0 Å². The Balaban J connectivity index is 2.45. The predicted octanol–water partition coefficient (Wildman–Crippen LogP) is 1.48. The maximum atomic E-state index is 12.9. The van der Waals surface area contributed by atoms with Crippen LogP contribution in [-0.2, 0) is 14.8 Å². The van der Waals surface area contributed by atoms with Crippen LogP contribution in [0.1, 0.15) is 0 Å². The van der Waals surface area contributed by atoms with Crippen molar-refractivity contribution in [3.63, 3.8) is 0 Å². The first-order valence-electron chi connectivity index (χ1n) is 6.49. The number of aliphatic carboxylic acids is 1. The zero-order chi connectivity index (χ0) is 18.3. The first kappa shape index (κ1) is 18.1. The van der Waals surface area contributed by atoms with E-state index in [0.717, 1.165) is 12.1 Å². The van der Waals surface area contributed by atoms with Gasteiger partial charge >= 0.3 is 12.1 Å². The average molecular weight is 368 g/mol. The van der Waals surface area contributed by atoms with Gasteiger partial charge in [-0.2, -0.15) is 17.5 Å². The second-order valence-corrected chi connectivity index (χ2v) is 7.05. The van der Waals surface area contributed by atoms with Crippen molar-refractivity contribution in [2.45, 2.75) is 11.1 Å². The molecule has 0 unspecified atom stereocenters. The third-order valence-corrected chi connectivity index (χ3v) is 5.58. The second-order valence-electron chi connectivity index (χ2n) is 5.14. The van der Waals surface area contributed by atoms with Crippen LogP contribution in [0, 0.1) is 22.0 Å². The maximum absolute atomic E-state index is 12.9. The highest BCUT2D eigenvalue weighted by atomic mass is 32.2. The number of para-hydroxylation sites is 1. The zero-order valence-electron chi connectivity index (χ0n) is 11.8. The standard InChI is InChI=1S/C12H11F3N2O6S/c13-12(14,15)8-6-16(5-7(8)11(18)19)24(22,23)10-4-2-1-3-9(10)17(20)21/h1-4,7-8H,5-6H2,(H,18,19)/t7-,8-/m1/s1. The molecular weight excluding hydrogens is 357 g/mol. The molecule has 2 atom stereocenters. The normalized spacial score (nSPS) is 22.5. The number of alkyl halides is 3. The summed E-state index contributed by atoms with van der Waals surface area (Å²) in [5, 5.41) is 19.8. The first-order chi connectivity index (χ1) is 11.0. The van der Waals surface area contributed by atoms with E-state index in [1.165, 1.54) is 12.1 Å². The van der Waals surface area contributed by atoms with Crippen molar-refractivity contribution in [1.29, 1.82) is 0 Å². The molecule has 12 heteroatoms. The minimum Gasteiger partial charge on any atom is -0.481 e. The van der Waals surface area contributed by atoms with E-state index in [1.54, 1.807) is 0 Å². The zero-order valence-corrected chi connectivity index (χ0v) is 12.6. The Hall–Kier alpha value is -2.21. The van der Waals surface area contributed by atoms with E-state index < -0.39 is 62.6 Å². The molecule has 1 N–H and O–H groups in total. The highest BCUT2D eigenvalue weighted by molar-refractivity contribution is 7.89. The van der Waals surface area contributed by atoms with Gasteiger partial charge in [0.25, 0.3) is 5.69 Å². The Bertz CT molecular complexity index is 779. The third kappa shape index (κ3) is 3.19. The summed E-state index contributed by atoms with van der Waals surface area (Å²) in [6, 6.07) is 4.19. The number of nitro benzene ring substituents is 1. The Morgan fingerprint density at radius 1 is 1.29 bits per heavy atom. The summed E-state index contributed by atoms with van der Waals surface area (Å²) in [6.45, 7) is -2.01. The lowest BCUT2D eigenvalue weighted by Gasteiger charge is -2.18. The molecule has 0 spiro atoms. The van der Waals surface area contributed by atoms with E-state index >= 15 is 0 Å². The molecule has 0 amide bonds. The van der Waals surface area contributed by atoms with Gasteiger partial charge in [-0.1, -0.05) is 12.1 Å². The monoisotopic (exact) mass is 368 g/mol. The maximum Gasteiger partial charge on any atom is 0.393 e. The van der Waals surface area contributed by atoms with Gasteiger partial charge in [-0.25, -0.2) is 8.42 Å². The summed E-state index contributed by atoms with van der Waals surface area (Å²) in [5.74, 6) is -6.13. The van der Waals surface area contributed by atoms with Gasteiger partial charge in [-0.3, -0.25) is 14.9 Å². The van der Waals surface area contributed by atoms with E-state index in [-0.39, 0.29) is 0 Å². The molecule has 1 heterocycles. The number of halogens is 3. The molecule has 0 aliphatic carbocycles. The van der Waals surface area contributed by atoms with Gasteiger partial charge in [-0.05, 0) is 6.07 Å². The van der Waals surface area contributed by atoms with E-state index in [1.807, 2.05) is 0 Å². The molecule has 2 rings (SSSR count). The summed E-state index contributed by atoms with van der Waals surface area (Å²) in [4.78, 5) is 20.2. The molecule has 1 aromatic carbocycles. The lowest BCUT2D eigenvalue weighted by Crippen LogP contribution is -2.34. The fourth-order valence-corrected chi connectivity index (χ4v) is 4.16. The predicted molar refractivity (Wildman–Crippen MR) is 72.5 cm³/mol. The van der Waals surface area contributed by atoms with E-state index in [4.69, 9.17) is 5.11 Å². The van der Waals surface area contributed by atoms with Gasteiger partial charge in [0, 0.05) is 19.2 Å². The van der Waals surface area contributed by atoms with Crippen molar-refractivity contribution in [2.75, 3.05) is 13.1 Å². The van der Waals surface area contributed by atoms with E-state index in [9.17, 15) is 36.5 Å². The van der Waals surface area contributed by atoms with Crippen molar-refractivity contribution >= 4 is 21.7 Å². The largest absolute Gasteiger partial charge is 0.481 e. The van der Waals surface area contributed by atoms with Crippen LogP contribution in [0.25, 0.3) is 0 Å². The summed E-state index contributed by atoms with van der Waals surface area (Å²) >= 11 is 0. The molecule has 24 heavy (non-hydrogen) atoms. The smallest absolute Gasteiger partial charge is 0.393 e. The number of nitrogens with zero attached hydrogens (tertiary/aromatic N) is 2. The van der Waals surface area contributed by atoms with Crippen LogP contribution in [0.5, 0.6) is 0 Å². The highest BCUT2D eigenvalue weighted by Gasteiger charge is 2.55. The Kier molecular flexibility index (Phi) is 4.55. The highest BCUT2D eigenvalue weighted by Crippen LogP contribution is 2.40. The molecule has 1 aliphatic heterocycles. The SMILES string of the molecule is O=C(O)[C@@H]1CN(S(=O)(=O)c2ccccc2[N+](=O)[O-])C[C@H]1C(F)(F)F. The van der Waals surface area contributed by atoms with Crippen molar-refractivity contribution in [3.8, 4) is 0 Å². The molecule has 0 saturated carbocycles. The topological polar surface area (TPSA) is 118 Å². The molecule has 0 bridgehead atoms. The minimum atomic E-state index is -4.91. The summed E-state index contributed by atoms with van der Waals surface area (Å²) in [7, 11) is -4.65. The third-order valence-electron chi connectivity index (χ3n) is 3.70. The number of benzene rings is 1. The number of rotatable bonds is 4. The molecular formula is C12H11F3N2O6S. The molecule has 132 valence electrons. The van der Waals surface area contributed by atoms with Gasteiger partial charge < -0.3 is 5.11 Å². The molecule has 1 saturated heterocycles. The molecule has 0 radical (unpaired) electrons. The lowest BCUT2D eigenvalue weighted by molar-refractivity contribution is -0.387. The van der Waals surface area contributed by atoms with Gasteiger partial charge in [0.1, 0.15) is 0 Å². The summed E-state index contributed by atoms with van der Waals surface area (Å²) in [5.41, 5.74) is -0.792. The molecule has 1 aliphatic rings. The van der Waals surface area contributed by atoms with Crippen LogP contribution in [0.15, 0.2) is 29.2 Å². The molecule has 1 fully saturated rings. The average Bonchev–Trinajstić information content (AvgIpc) is 2.93. The fourth-order valence-electron chi connectivity index (χ4n) is 2.51. The van der Waals surface area contributed by atoms with Gasteiger partial charge in [-0.15, -0.1) is 0 Å². The molecule has 0 aromatic heterocycles. The minimum absolute atomic E-state index is 0.326. The molecule has 8 nitrogen and oxygen atoms in total. The first-order valence-corrected chi connectivity index (χ1v) is 7.93. The van der Waals surface area contributed by atoms with Crippen LogP contribution in [0.3, 0.4) is 0 Å². The van der Waals surface area contributed by atoms with Crippen LogP contribution in [0.2, 0.25) is 0 Å². The van der Waals surface area contributed by atoms with Gasteiger partial charge in [0.15, 0.2) is 4.90 Å². The van der Waals surface area contributed by atoms with E-state index in [0.29, 0.717) is 4.31 Å². The number of sulfonamides is 1. The van der Waals surface area contributed by atoms with Crippen molar-refractivity contribution in [2.24, 2.45) is 11.8 Å². The van der Waals surface area contributed by atoms with Crippen molar-refractivity contribution in [3.05, 3.63) is 34.4 Å². The van der Waals surface area contributed by atoms with Crippen LogP contribution < -0.4 is 0 Å². The van der Waals surface area contributed by atoms with Crippen molar-refractivity contribution in [1.82, 2.24) is 4.31 Å².